The molecule has 1 aromatic rings. The molecular weight excluding hydrogens is 286 g/mol. The maximum Gasteiger partial charge on any atom is 0.223 e. The number of rotatable bonds is 5. The van der Waals surface area contributed by atoms with Crippen LogP contribution in [0, 0.1) is 11.8 Å². The first-order chi connectivity index (χ1) is 11.2. The van der Waals surface area contributed by atoms with E-state index in [1.165, 1.54) is 12.0 Å². The lowest BCUT2D eigenvalue weighted by Gasteiger charge is -2.26. The second kappa shape index (κ2) is 7.93. The summed E-state index contributed by atoms with van der Waals surface area (Å²) in [4.78, 5) is 14.9. The minimum Gasteiger partial charge on any atom is -0.353 e. The Kier molecular flexibility index (Phi) is 5.68. The van der Waals surface area contributed by atoms with Crippen molar-refractivity contribution >= 4 is 5.91 Å². The van der Waals surface area contributed by atoms with Crippen LogP contribution in [0.5, 0.6) is 0 Å². The van der Waals surface area contributed by atoms with Crippen LogP contribution in [-0.2, 0) is 11.3 Å². The molecule has 2 saturated heterocycles. The van der Waals surface area contributed by atoms with Gasteiger partial charge in [0.05, 0.1) is 0 Å². The first-order valence-electron chi connectivity index (χ1n) is 9.00. The van der Waals surface area contributed by atoms with E-state index in [4.69, 9.17) is 0 Å². The molecule has 2 fully saturated rings. The zero-order valence-electron chi connectivity index (χ0n) is 14.1. The van der Waals surface area contributed by atoms with Crippen molar-refractivity contribution in [3.8, 4) is 0 Å². The highest BCUT2D eigenvalue weighted by Crippen LogP contribution is 2.22. The number of nitrogens with one attached hydrogen (secondary N) is 2. The van der Waals surface area contributed by atoms with Gasteiger partial charge in [0.1, 0.15) is 0 Å². The summed E-state index contributed by atoms with van der Waals surface area (Å²) in [5.74, 6) is 1.05. The van der Waals surface area contributed by atoms with E-state index in [1.807, 2.05) is 0 Å². The van der Waals surface area contributed by atoms with Crippen LogP contribution >= 0.6 is 0 Å². The number of amides is 1. The fourth-order valence-corrected chi connectivity index (χ4v) is 3.80. The average Bonchev–Trinajstić information content (AvgIpc) is 3.05. The molecule has 0 saturated carbocycles. The quantitative estimate of drug-likeness (QED) is 0.874. The maximum atomic E-state index is 12.4. The van der Waals surface area contributed by atoms with Gasteiger partial charge in [-0.1, -0.05) is 30.3 Å². The Morgan fingerprint density at radius 3 is 2.74 bits per heavy atom. The van der Waals surface area contributed by atoms with Crippen LogP contribution in [0.15, 0.2) is 30.3 Å². The third-order valence-corrected chi connectivity index (χ3v) is 5.34. The zero-order chi connectivity index (χ0) is 16.1. The standard InChI is InChI=1S/C19H29N3O/c1-15(21-19(23)17-7-10-20-11-8-17)18-9-12-22(14-18)13-16-5-3-2-4-6-16/h2-6,15,17-18,20H,7-14H2,1H3,(H,21,23). The number of piperidine rings is 1. The van der Waals surface area contributed by atoms with Crippen molar-refractivity contribution in [1.82, 2.24) is 15.5 Å². The van der Waals surface area contributed by atoms with Crippen molar-refractivity contribution in [3.05, 3.63) is 35.9 Å². The van der Waals surface area contributed by atoms with E-state index in [9.17, 15) is 4.79 Å². The lowest BCUT2D eigenvalue weighted by Crippen LogP contribution is -2.44. The molecule has 23 heavy (non-hydrogen) atoms. The maximum absolute atomic E-state index is 12.4. The molecule has 0 spiro atoms. The summed E-state index contributed by atoms with van der Waals surface area (Å²) in [5.41, 5.74) is 1.37. The largest absolute Gasteiger partial charge is 0.353 e. The Morgan fingerprint density at radius 1 is 1.26 bits per heavy atom. The first kappa shape index (κ1) is 16.5. The van der Waals surface area contributed by atoms with Crippen molar-refractivity contribution in [2.45, 2.75) is 38.8 Å². The van der Waals surface area contributed by atoms with Crippen molar-refractivity contribution in [2.24, 2.45) is 11.8 Å². The summed E-state index contributed by atoms with van der Waals surface area (Å²) >= 11 is 0. The minimum atomic E-state index is 0.209. The normalized spacial score (nSPS) is 24.5. The molecule has 0 aliphatic carbocycles. The fourth-order valence-electron chi connectivity index (χ4n) is 3.80. The van der Waals surface area contributed by atoms with Gasteiger partial charge in [0, 0.05) is 25.0 Å². The summed E-state index contributed by atoms with van der Waals surface area (Å²) < 4.78 is 0. The lowest BCUT2D eigenvalue weighted by atomic mass is 9.95. The lowest BCUT2D eigenvalue weighted by molar-refractivity contribution is -0.126. The molecule has 2 aliphatic rings. The monoisotopic (exact) mass is 315 g/mol. The van der Waals surface area contributed by atoms with Gasteiger partial charge in [-0.25, -0.2) is 0 Å². The van der Waals surface area contributed by atoms with Gasteiger partial charge in [0.15, 0.2) is 0 Å². The minimum absolute atomic E-state index is 0.209. The zero-order valence-corrected chi connectivity index (χ0v) is 14.1. The second-order valence-corrected chi connectivity index (χ2v) is 7.09. The van der Waals surface area contributed by atoms with Crippen LogP contribution in [0.25, 0.3) is 0 Å². The fraction of sp³-hybridized carbons (Fsp3) is 0.632. The van der Waals surface area contributed by atoms with E-state index in [2.05, 4.69) is 52.8 Å². The van der Waals surface area contributed by atoms with Crippen LogP contribution < -0.4 is 10.6 Å². The average molecular weight is 315 g/mol. The summed E-state index contributed by atoms with van der Waals surface area (Å²) in [5, 5.41) is 6.60. The summed E-state index contributed by atoms with van der Waals surface area (Å²) in [6.45, 7) is 7.36. The summed E-state index contributed by atoms with van der Waals surface area (Å²) in [6.07, 6.45) is 3.13. The van der Waals surface area contributed by atoms with Crippen molar-refractivity contribution in [2.75, 3.05) is 26.2 Å². The van der Waals surface area contributed by atoms with Crippen LogP contribution in [0.4, 0.5) is 0 Å². The van der Waals surface area contributed by atoms with Gasteiger partial charge in [-0.2, -0.15) is 0 Å². The van der Waals surface area contributed by atoms with Crippen LogP contribution in [-0.4, -0.2) is 43.0 Å². The third kappa shape index (κ3) is 4.55. The van der Waals surface area contributed by atoms with Gasteiger partial charge in [-0.05, 0) is 57.3 Å². The number of nitrogens with zero attached hydrogens (tertiary/aromatic N) is 1. The topological polar surface area (TPSA) is 44.4 Å². The molecule has 2 N–H and O–H groups in total. The molecule has 0 bridgehead atoms. The third-order valence-electron chi connectivity index (χ3n) is 5.34. The number of hydrogen-bond donors (Lipinski definition) is 2. The summed E-state index contributed by atoms with van der Waals surface area (Å²) in [7, 11) is 0. The SMILES string of the molecule is CC(NC(=O)C1CCNCC1)C1CCN(Cc2ccccc2)C1. The number of carbonyl (C=O) groups is 1. The molecule has 2 atom stereocenters. The van der Waals surface area contributed by atoms with Crippen molar-refractivity contribution < 1.29 is 4.79 Å². The number of benzene rings is 1. The number of likely N-dealkylation sites (tertiary alicyclic amines) is 1. The Labute approximate surface area is 139 Å². The van der Waals surface area contributed by atoms with Crippen LogP contribution in [0.1, 0.15) is 31.7 Å². The van der Waals surface area contributed by atoms with E-state index in [0.717, 1.165) is 45.6 Å². The van der Waals surface area contributed by atoms with Crippen LogP contribution in [0.2, 0.25) is 0 Å². The van der Waals surface area contributed by atoms with Crippen LogP contribution in [0.3, 0.4) is 0 Å². The van der Waals surface area contributed by atoms with Gasteiger partial charge in [-0.15, -0.1) is 0 Å². The molecule has 3 rings (SSSR count). The molecule has 2 aliphatic heterocycles. The van der Waals surface area contributed by atoms with Gasteiger partial charge in [0.25, 0.3) is 0 Å². The smallest absolute Gasteiger partial charge is 0.223 e. The second-order valence-electron chi connectivity index (χ2n) is 7.09. The van der Waals surface area contributed by atoms with Crippen molar-refractivity contribution in [1.29, 1.82) is 0 Å². The van der Waals surface area contributed by atoms with E-state index >= 15 is 0 Å². The van der Waals surface area contributed by atoms with E-state index < -0.39 is 0 Å². The highest BCUT2D eigenvalue weighted by molar-refractivity contribution is 5.79. The molecule has 1 aromatic carbocycles. The Morgan fingerprint density at radius 2 is 2.00 bits per heavy atom. The van der Waals surface area contributed by atoms with Gasteiger partial charge >= 0.3 is 0 Å². The molecule has 1 amide bonds. The molecule has 4 nitrogen and oxygen atoms in total. The first-order valence-corrected chi connectivity index (χ1v) is 9.00. The molecule has 2 unspecified atom stereocenters. The molecule has 126 valence electrons. The van der Waals surface area contributed by atoms with Gasteiger partial charge in [-0.3, -0.25) is 9.69 Å². The Balaban J connectivity index is 1.45. The molecule has 2 heterocycles. The highest BCUT2D eigenvalue weighted by atomic mass is 16.1. The molecule has 0 aromatic heterocycles. The molecule has 0 radical (unpaired) electrons. The van der Waals surface area contributed by atoms with Gasteiger partial charge < -0.3 is 10.6 Å². The predicted octanol–water partition coefficient (Wildman–Crippen LogP) is 2.01. The molecular formula is C19H29N3O. The van der Waals surface area contributed by atoms with Gasteiger partial charge in [0.2, 0.25) is 5.91 Å². The van der Waals surface area contributed by atoms with E-state index in [1.54, 1.807) is 0 Å². The van der Waals surface area contributed by atoms with E-state index in [0.29, 0.717) is 5.92 Å². The highest BCUT2D eigenvalue weighted by Gasteiger charge is 2.29. The summed E-state index contributed by atoms with van der Waals surface area (Å²) in [6, 6.07) is 10.9. The van der Waals surface area contributed by atoms with E-state index in [-0.39, 0.29) is 17.9 Å². The van der Waals surface area contributed by atoms with Crippen molar-refractivity contribution in [3.63, 3.8) is 0 Å². The number of carbonyl (C=O) groups excluding carboxylic acids is 1. The molecule has 4 heteroatoms. The Bertz CT molecular complexity index is 499. The predicted molar refractivity (Wildman–Crippen MR) is 93.0 cm³/mol. The number of hydrogen-bond acceptors (Lipinski definition) is 3. The Hall–Kier alpha value is -1.39.